The second-order valence-corrected chi connectivity index (χ2v) is 5.33. The molecule has 0 aliphatic carbocycles. The third-order valence-corrected chi connectivity index (χ3v) is 3.42. The Morgan fingerprint density at radius 2 is 1.75 bits per heavy atom. The molecule has 6 nitrogen and oxygen atoms in total. The van der Waals surface area contributed by atoms with E-state index in [2.05, 4.69) is 16.0 Å². The maximum absolute atomic E-state index is 12.1. The lowest BCUT2D eigenvalue weighted by molar-refractivity contribution is -0.114. The van der Waals surface area contributed by atoms with E-state index in [4.69, 9.17) is 4.74 Å². The Morgan fingerprint density at radius 1 is 1.04 bits per heavy atom. The van der Waals surface area contributed by atoms with Crippen LogP contribution < -0.4 is 20.7 Å². The molecule has 0 aliphatic heterocycles. The van der Waals surface area contributed by atoms with Crippen LogP contribution in [0.2, 0.25) is 0 Å². The molecule has 0 bridgehead atoms. The van der Waals surface area contributed by atoms with Gasteiger partial charge in [-0.05, 0) is 30.7 Å². The number of methoxy groups -OCH3 is 1. The Balaban J connectivity index is 2.04. The van der Waals surface area contributed by atoms with Crippen molar-refractivity contribution in [3.63, 3.8) is 0 Å². The zero-order valence-corrected chi connectivity index (χ0v) is 13.9. The maximum Gasteiger partial charge on any atom is 0.319 e. The van der Waals surface area contributed by atoms with Crippen LogP contribution in [0.5, 0.6) is 5.75 Å². The summed E-state index contributed by atoms with van der Waals surface area (Å²) in [6.45, 7) is 3.32. The first kappa shape index (κ1) is 17.3. The van der Waals surface area contributed by atoms with Crippen LogP contribution in [0.3, 0.4) is 0 Å². The molecule has 1 unspecified atom stereocenters. The van der Waals surface area contributed by atoms with Gasteiger partial charge in [0.05, 0.1) is 18.8 Å². The molecule has 126 valence electrons. The quantitative estimate of drug-likeness (QED) is 0.786. The third kappa shape index (κ3) is 4.74. The van der Waals surface area contributed by atoms with Gasteiger partial charge in [0.25, 0.3) is 0 Å². The van der Waals surface area contributed by atoms with E-state index in [0.29, 0.717) is 17.1 Å². The Bertz CT molecular complexity index is 717. The fraction of sp³-hybridized carbons (Fsp3) is 0.222. The largest absolute Gasteiger partial charge is 0.495 e. The molecular formula is C18H21N3O3. The number of carbonyl (C=O) groups excluding carboxylic acids is 2. The topological polar surface area (TPSA) is 79.5 Å². The Hall–Kier alpha value is -3.02. The third-order valence-electron chi connectivity index (χ3n) is 3.42. The van der Waals surface area contributed by atoms with Crippen LogP contribution in [0, 0.1) is 0 Å². The minimum atomic E-state index is -0.328. The normalized spacial score (nSPS) is 11.3. The zero-order valence-electron chi connectivity index (χ0n) is 13.9. The second kappa shape index (κ2) is 8.01. The predicted molar refractivity (Wildman–Crippen MR) is 94.3 cm³/mol. The SMILES string of the molecule is COc1ccc(NC(=O)NC(C)c2ccccc2)cc1NC(C)=O. The van der Waals surface area contributed by atoms with Crippen molar-refractivity contribution in [2.24, 2.45) is 0 Å². The summed E-state index contributed by atoms with van der Waals surface area (Å²) in [5.74, 6) is 0.307. The van der Waals surface area contributed by atoms with Crippen LogP contribution in [-0.4, -0.2) is 19.0 Å². The lowest BCUT2D eigenvalue weighted by Crippen LogP contribution is -2.31. The van der Waals surface area contributed by atoms with Crippen molar-refractivity contribution in [1.29, 1.82) is 0 Å². The van der Waals surface area contributed by atoms with Crippen molar-refractivity contribution >= 4 is 23.3 Å². The molecular weight excluding hydrogens is 306 g/mol. The van der Waals surface area contributed by atoms with Gasteiger partial charge in [-0.15, -0.1) is 0 Å². The highest BCUT2D eigenvalue weighted by molar-refractivity contribution is 5.94. The first-order valence-electron chi connectivity index (χ1n) is 7.57. The summed E-state index contributed by atoms with van der Waals surface area (Å²) in [7, 11) is 1.52. The Kier molecular flexibility index (Phi) is 5.78. The van der Waals surface area contributed by atoms with Crippen molar-refractivity contribution < 1.29 is 14.3 Å². The lowest BCUT2D eigenvalue weighted by atomic mass is 10.1. The predicted octanol–water partition coefficient (Wildman–Crippen LogP) is 3.54. The number of hydrogen-bond donors (Lipinski definition) is 3. The molecule has 3 amide bonds. The van der Waals surface area contributed by atoms with Gasteiger partial charge in [0, 0.05) is 12.6 Å². The van der Waals surface area contributed by atoms with Crippen LogP contribution in [-0.2, 0) is 4.79 Å². The highest BCUT2D eigenvalue weighted by atomic mass is 16.5. The highest BCUT2D eigenvalue weighted by Crippen LogP contribution is 2.27. The number of hydrogen-bond acceptors (Lipinski definition) is 3. The summed E-state index contributed by atoms with van der Waals surface area (Å²) in [6.07, 6.45) is 0. The number of nitrogens with one attached hydrogen (secondary N) is 3. The molecule has 24 heavy (non-hydrogen) atoms. The molecule has 2 rings (SSSR count). The fourth-order valence-electron chi connectivity index (χ4n) is 2.26. The molecule has 6 heteroatoms. The van der Waals surface area contributed by atoms with Crippen molar-refractivity contribution in [3.05, 3.63) is 54.1 Å². The van der Waals surface area contributed by atoms with Crippen molar-refractivity contribution in [3.8, 4) is 5.75 Å². The summed E-state index contributed by atoms with van der Waals surface area (Å²) in [5, 5.41) is 8.28. The number of anilines is 2. The fourth-order valence-corrected chi connectivity index (χ4v) is 2.26. The van der Waals surface area contributed by atoms with Crippen LogP contribution in [0.25, 0.3) is 0 Å². The molecule has 0 fully saturated rings. The molecule has 0 aliphatic rings. The number of carbonyl (C=O) groups is 2. The second-order valence-electron chi connectivity index (χ2n) is 5.33. The molecule has 0 saturated heterocycles. The maximum atomic E-state index is 12.1. The standard InChI is InChI=1S/C18H21N3O3/c1-12(14-7-5-4-6-8-14)19-18(23)21-15-9-10-17(24-3)16(11-15)20-13(2)22/h4-12H,1-3H3,(H,20,22)(H2,19,21,23). The smallest absolute Gasteiger partial charge is 0.319 e. The minimum Gasteiger partial charge on any atom is -0.495 e. The Morgan fingerprint density at radius 3 is 2.38 bits per heavy atom. The van der Waals surface area contributed by atoms with E-state index < -0.39 is 0 Å². The summed E-state index contributed by atoms with van der Waals surface area (Å²) >= 11 is 0. The van der Waals surface area contributed by atoms with Gasteiger partial charge in [0.1, 0.15) is 5.75 Å². The monoisotopic (exact) mass is 327 g/mol. The molecule has 0 aromatic heterocycles. The lowest BCUT2D eigenvalue weighted by Gasteiger charge is -2.16. The molecule has 2 aromatic rings. The summed E-state index contributed by atoms with van der Waals surface area (Å²) in [4.78, 5) is 23.4. The van der Waals surface area contributed by atoms with Crippen LogP contribution in [0.15, 0.2) is 48.5 Å². The average molecular weight is 327 g/mol. The van der Waals surface area contributed by atoms with Gasteiger partial charge in [-0.2, -0.15) is 0 Å². The molecule has 0 heterocycles. The van der Waals surface area contributed by atoms with Crippen molar-refractivity contribution in [2.45, 2.75) is 19.9 Å². The van der Waals surface area contributed by atoms with Crippen molar-refractivity contribution in [2.75, 3.05) is 17.7 Å². The van der Waals surface area contributed by atoms with E-state index in [1.54, 1.807) is 18.2 Å². The van der Waals surface area contributed by atoms with Gasteiger partial charge in [-0.3, -0.25) is 4.79 Å². The highest BCUT2D eigenvalue weighted by Gasteiger charge is 2.11. The summed E-state index contributed by atoms with van der Waals surface area (Å²) in [6, 6.07) is 14.3. The molecule has 0 spiro atoms. The van der Waals surface area contributed by atoms with E-state index in [0.717, 1.165) is 5.56 Å². The molecule has 0 radical (unpaired) electrons. The van der Waals surface area contributed by atoms with Gasteiger partial charge in [-0.1, -0.05) is 30.3 Å². The van der Waals surface area contributed by atoms with E-state index in [-0.39, 0.29) is 18.0 Å². The van der Waals surface area contributed by atoms with E-state index in [1.807, 2.05) is 37.3 Å². The van der Waals surface area contributed by atoms with Gasteiger partial charge < -0.3 is 20.7 Å². The summed E-state index contributed by atoms with van der Waals surface area (Å²) in [5.41, 5.74) is 2.07. The van der Waals surface area contributed by atoms with Gasteiger partial charge in [0.2, 0.25) is 5.91 Å². The number of rotatable bonds is 5. The molecule has 3 N–H and O–H groups in total. The van der Waals surface area contributed by atoms with Gasteiger partial charge in [-0.25, -0.2) is 4.79 Å². The molecule has 1 atom stereocenters. The van der Waals surface area contributed by atoms with Gasteiger partial charge in [0.15, 0.2) is 0 Å². The van der Waals surface area contributed by atoms with E-state index >= 15 is 0 Å². The molecule has 2 aromatic carbocycles. The number of amides is 3. The van der Waals surface area contributed by atoms with Gasteiger partial charge >= 0.3 is 6.03 Å². The van der Waals surface area contributed by atoms with Crippen LogP contribution >= 0.6 is 0 Å². The Labute approximate surface area is 141 Å². The van der Waals surface area contributed by atoms with Crippen LogP contribution in [0.1, 0.15) is 25.5 Å². The summed E-state index contributed by atoms with van der Waals surface area (Å²) < 4.78 is 5.19. The number of ether oxygens (including phenoxy) is 1. The number of benzene rings is 2. The first-order chi connectivity index (χ1) is 11.5. The molecule has 0 saturated carbocycles. The van der Waals surface area contributed by atoms with E-state index in [1.165, 1.54) is 14.0 Å². The first-order valence-corrected chi connectivity index (χ1v) is 7.57. The number of urea groups is 1. The van der Waals surface area contributed by atoms with Crippen LogP contribution in [0.4, 0.5) is 16.2 Å². The van der Waals surface area contributed by atoms with E-state index in [9.17, 15) is 9.59 Å². The average Bonchev–Trinajstić information content (AvgIpc) is 2.55. The minimum absolute atomic E-state index is 0.126. The zero-order chi connectivity index (χ0) is 17.5. The van der Waals surface area contributed by atoms with Crippen molar-refractivity contribution in [1.82, 2.24) is 5.32 Å².